The van der Waals surface area contributed by atoms with Crippen LogP contribution in [-0.2, 0) is 9.59 Å². The number of aliphatic carboxylic acids is 1. The fourth-order valence-corrected chi connectivity index (χ4v) is 4.75. The molecule has 1 N–H and O–H groups in total. The number of carboxylic acid groups (broad SMARTS) is 1. The monoisotopic (exact) mass is 439 g/mol. The van der Waals surface area contributed by atoms with Gasteiger partial charge in [0.05, 0.1) is 19.6 Å². The number of rotatable bonds is 9. The highest BCUT2D eigenvalue weighted by Crippen LogP contribution is 2.47. The van der Waals surface area contributed by atoms with Crippen molar-refractivity contribution in [1.82, 2.24) is 4.90 Å². The Balaban J connectivity index is 1.69. The summed E-state index contributed by atoms with van der Waals surface area (Å²) in [6.07, 6.45) is 2.30. The molecule has 2 aliphatic heterocycles. The highest BCUT2D eigenvalue weighted by molar-refractivity contribution is 5.81. The van der Waals surface area contributed by atoms with Gasteiger partial charge in [0, 0.05) is 24.9 Å². The molecule has 3 atom stereocenters. The fraction of sp³-hybridized carbons (Fsp3) is 0.440. The zero-order valence-corrected chi connectivity index (χ0v) is 18.5. The maximum Gasteiger partial charge on any atom is 0.309 e. The van der Waals surface area contributed by atoms with Crippen LogP contribution in [0.1, 0.15) is 49.3 Å². The van der Waals surface area contributed by atoms with Crippen molar-refractivity contribution < 1.29 is 28.9 Å². The summed E-state index contributed by atoms with van der Waals surface area (Å²) in [6, 6.07) is 12.6. The Hall–Kier alpha value is -3.06. The molecule has 2 aromatic rings. The number of nitrogens with zero attached hydrogens (tertiary/aromatic N) is 1. The van der Waals surface area contributed by atoms with Crippen LogP contribution in [0, 0.1) is 5.92 Å². The second-order valence-electron chi connectivity index (χ2n) is 8.37. The van der Waals surface area contributed by atoms with E-state index in [0.717, 1.165) is 24.0 Å². The second kappa shape index (κ2) is 9.61. The number of ketones is 1. The Kier molecular flexibility index (Phi) is 6.65. The average Bonchev–Trinajstić information content (AvgIpc) is 3.42. The van der Waals surface area contributed by atoms with E-state index in [-0.39, 0.29) is 25.0 Å². The minimum absolute atomic E-state index is 0.140. The normalized spacial score (nSPS) is 22.1. The number of carboxylic acids is 1. The summed E-state index contributed by atoms with van der Waals surface area (Å²) in [5.41, 5.74) is 1.74. The van der Waals surface area contributed by atoms with E-state index in [2.05, 4.69) is 6.92 Å². The molecule has 2 aromatic carbocycles. The van der Waals surface area contributed by atoms with Gasteiger partial charge in [0.2, 0.25) is 6.79 Å². The number of Topliss-reactive ketones (excluding diaryl/α,β-unsaturated/α-hetero) is 1. The van der Waals surface area contributed by atoms with Crippen LogP contribution in [0.4, 0.5) is 0 Å². The van der Waals surface area contributed by atoms with Crippen LogP contribution in [0.3, 0.4) is 0 Å². The van der Waals surface area contributed by atoms with Crippen LogP contribution in [0.2, 0.25) is 0 Å². The standard InChI is InChI=1S/C25H29NO6/c1-3-4-5-18(27)13-26-14-20(17-8-11-21-22(12-17)32-15-31-21)23(25(28)29)24(26)16-6-9-19(30-2)10-7-16/h6-12,20,23-24H,3-5,13-15H2,1-2H3,(H,28,29)/t20-,23+,24-/m1/s1. The molecule has 1 fully saturated rings. The zero-order chi connectivity index (χ0) is 22.7. The van der Waals surface area contributed by atoms with Crippen LogP contribution < -0.4 is 14.2 Å². The number of likely N-dealkylation sites (tertiary alicyclic amines) is 1. The third-order valence-electron chi connectivity index (χ3n) is 6.35. The molecule has 7 heteroatoms. The SMILES string of the molecule is CCCCC(=O)CN1C[C@H](c2ccc3c(c2)OCO3)[C@H](C(=O)O)[C@H]1c1ccc(OC)cc1. The highest BCUT2D eigenvalue weighted by Gasteiger charge is 2.47. The molecule has 7 nitrogen and oxygen atoms in total. The van der Waals surface area contributed by atoms with Crippen molar-refractivity contribution >= 4 is 11.8 Å². The molecule has 0 saturated carbocycles. The summed E-state index contributed by atoms with van der Waals surface area (Å²) < 4.78 is 16.2. The van der Waals surface area contributed by atoms with Gasteiger partial charge in [-0.2, -0.15) is 0 Å². The van der Waals surface area contributed by atoms with Crippen molar-refractivity contribution in [3.8, 4) is 17.2 Å². The number of benzene rings is 2. The van der Waals surface area contributed by atoms with Gasteiger partial charge < -0.3 is 19.3 Å². The van der Waals surface area contributed by atoms with Crippen LogP contribution >= 0.6 is 0 Å². The lowest BCUT2D eigenvalue weighted by molar-refractivity contribution is -0.143. The van der Waals surface area contributed by atoms with Crippen LogP contribution in [0.5, 0.6) is 17.2 Å². The number of hydrogen-bond donors (Lipinski definition) is 1. The molecule has 4 rings (SSSR count). The predicted molar refractivity (Wildman–Crippen MR) is 118 cm³/mol. The first-order valence-corrected chi connectivity index (χ1v) is 11.0. The average molecular weight is 440 g/mol. The molecule has 0 bridgehead atoms. The molecular formula is C25H29NO6. The van der Waals surface area contributed by atoms with Crippen molar-refractivity contribution in [2.45, 2.75) is 38.1 Å². The first-order chi connectivity index (χ1) is 15.5. The van der Waals surface area contributed by atoms with E-state index in [1.54, 1.807) is 7.11 Å². The fourth-order valence-electron chi connectivity index (χ4n) is 4.75. The van der Waals surface area contributed by atoms with Crippen molar-refractivity contribution in [3.05, 3.63) is 53.6 Å². The number of carbonyl (C=O) groups excluding carboxylic acids is 1. The lowest BCUT2D eigenvalue weighted by atomic mass is 9.82. The first-order valence-electron chi connectivity index (χ1n) is 11.0. The number of fused-ring (bicyclic) bond motifs is 1. The summed E-state index contributed by atoms with van der Waals surface area (Å²) >= 11 is 0. The van der Waals surface area contributed by atoms with Gasteiger partial charge in [0.1, 0.15) is 11.5 Å². The van der Waals surface area contributed by atoms with Gasteiger partial charge in [-0.15, -0.1) is 0 Å². The van der Waals surface area contributed by atoms with Gasteiger partial charge in [-0.25, -0.2) is 0 Å². The quantitative estimate of drug-likeness (QED) is 0.631. The summed E-state index contributed by atoms with van der Waals surface area (Å²) in [5.74, 6) is 0.271. The van der Waals surface area contributed by atoms with Gasteiger partial charge in [-0.05, 0) is 41.8 Å². The number of carbonyl (C=O) groups is 2. The third-order valence-corrected chi connectivity index (χ3v) is 6.35. The molecule has 0 radical (unpaired) electrons. The van der Waals surface area contributed by atoms with E-state index >= 15 is 0 Å². The van der Waals surface area contributed by atoms with E-state index in [0.29, 0.717) is 30.2 Å². The number of hydrogen-bond acceptors (Lipinski definition) is 6. The van der Waals surface area contributed by atoms with Crippen molar-refractivity contribution in [2.24, 2.45) is 5.92 Å². The van der Waals surface area contributed by atoms with E-state index < -0.39 is 17.9 Å². The molecule has 2 heterocycles. The van der Waals surface area contributed by atoms with Gasteiger partial charge in [-0.3, -0.25) is 14.5 Å². The molecule has 0 amide bonds. The second-order valence-corrected chi connectivity index (χ2v) is 8.37. The van der Waals surface area contributed by atoms with Crippen molar-refractivity contribution in [2.75, 3.05) is 27.0 Å². The van der Waals surface area contributed by atoms with Crippen LogP contribution in [0.25, 0.3) is 0 Å². The summed E-state index contributed by atoms with van der Waals surface area (Å²) in [6.45, 7) is 2.93. The summed E-state index contributed by atoms with van der Waals surface area (Å²) in [4.78, 5) is 27.2. The van der Waals surface area contributed by atoms with Gasteiger partial charge in [-0.1, -0.05) is 31.5 Å². The van der Waals surface area contributed by atoms with Crippen molar-refractivity contribution in [1.29, 1.82) is 0 Å². The lowest BCUT2D eigenvalue weighted by Gasteiger charge is -2.27. The maximum atomic E-state index is 12.7. The minimum atomic E-state index is -0.878. The predicted octanol–water partition coefficient (Wildman–Crippen LogP) is 4.02. The smallest absolute Gasteiger partial charge is 0.309 e. The molecule has 1 saturated heterocycles. The molecule has 170 valence electrons. The molecule has 32 heavy (non-hydrogen) atoms. The molecular weight excluding hydrogens is 410 g/mol. The van der Waals surface area contributed by atoms with E-state index in [1.807, 2.05) is 47.4 Å². The number of ether oxygens (including phenoxy) is 3. The molecule has 0 aliphatic carbocycles. The Morgan fingerprint density at radius 3 is 2.50 bits per heavy atom. The lowest BCUT2D eigenvalue weighted by Crippen LogP contribution is -2.32. The Labute approximate surface area is 187 Å². The van der Waals surface area contributed by atoms with Crippen molar-refractivity contribution in [3.63, 3.8) is 0 Å². The molecule has 0 unspecified atom stereocenters. The number of methoxy groups -OCH3 is 1. The maximum absolute atomic E-state index is 12.7. The zero-order valence-electron chi connectivity index (χ0n) is 18.5. The molecule has 0 aromatic heterocycles. The van der Waals surface area contributed by atoms with E-state index in [1.165, 1.54) is 0 Å². The largest absolute Gasteiger partial charge is 0.497 e. The Bertz CT molecular complexity index is 973. The minimum Gasteiger partial charge on any atom is -0.497 e. The van der Waals surface area contributed by atoms with Crippen LogP contribution in [0.15, 0.2) is 42.5 Å². The highest BCUT2D eigenvalue weighted by atomic mass is 16.7. The van der Waals surface area contributed by atoms with Gasteiger partial charge in [0.25, 0.3) is 0 Å². The molecule has 0 spiro atoms. The van der Waals surface area contributed by atoms with Gasteiger partial charge >= 0.3 is 5.97 Å². The summed E-state index contributed by atoms with van der Waals surface area (Å²) in [7, 11) is 1.60. The Morgan fingerprint density at radius 1 is 1.09 bits per heavy atom. The number of unbranched alkanes of at least 4 members (excludes halogenated alkanes) is 1. The Morgan fingerprint density at radius 2 is 1.81 bits per heavy atom. The third kappa shape index (κ3) is 4.43. The topological polar surface area (TPSA) is 85.3 Å². The van der Waals surface area contributed by atoms with Gasteiger partial charge in [0.15, 0.2) is 11.5 Å². The molecule has 2 aliphatic rings. The van der Waals surface area contributed by atoms with E-state index in [9.17, 15) is 14.7 Å². The first kappa shape index (κ1) is 22.1. The summed E-state index contributed by atoms with van der Waals surface area (Å²) in [5, 5.41) is 10.3. The van der Waals surface area contributed by atoms with Crippen LogP contribution in [-0.4, -0.2) is 48.8 Å². The van der Waals surface area contributed by atoms with E-state index in [4.69, 9.17) is 14.2 Å².